The minimum absolute atomic E-state index is 0.0167. The molecule has 26 heteroatoms. The van der Waals surface area contributed by atoms with Gasteiger partial charge in [0.2, 0.25) is 0 Å². The molecule has 0 aromatic carbocycles. The van der Waals surface area contributed by atoms with Crippen molar-refractivity contribution in [2.24, 2.45) is 0 Å². The molecule has 2 aliphatic heterocycles. The number of aliphatic hydroxyl groups excluding tert-OH is 9. The summed E-state index contributed by atoms with van der Waals surface area (Å²) in [7, 11) is -5.81. The van der Waals surface area contributed by atoms with Crippen molar-refractivity contribution in [3.05, 3.63) is 12.2 Å². The monoisotopic (exact) mass is 1680 g/mol. The highest BCUT2D eigenvalue weighted by Gasteiger charge is 2.60. The molecule has 1 aliphatic carbocycles. The maximum Gasteiger partial charge on any atom is 0.472 e. The van der Waals surface area contributed by atoms with Gasteiger partial charge < -0.3 is 88.7 Å². The van der Waals surface area contributed by atoms with Gasteiger partial charge in [-0.1, -0.05) is 342 Å². The first-order valence-electron chi connectivity index (χ1n) is 46.9. The lowest BCUT2D eigenvalue weighted by Gasteiger charge is -2.50. The predicted octanol–water partition coefficient (Wildman–Crippen LogP) is 17.2. The van der Waals surface area contributed by atoms with Gasteiger partial charge in [0.05, 0.1) is 13.2 Å². The zero-order valence-corrected chi connectivity index (χ0v) is 73.5. The van der Waals surface area contributed by atoms with Gasteiger partial charge in [-0.05, 0) is 51.4 Å². The number of hydrogen-bond acceptors (Lipinski definition) is 24. The summed E-state index contributed by atoms with van der Waals surface area (Å²) in [6.45, 7) is 5.59. The number of carbonyl (C=O) groups excluding carboxylic acids is 4. The molecule has 0 bridgehead atoms. The van der Waals surface area contributed by atoms with E-state index in [2.05, 4.69) is 39.8 Å². The van der Waals surface area contributed by atoms with Gasteiger partial charge in [0, 0.05) is 25.7 Å². The van der Waals surface area contributed by atoms with Crippen molar-refractivity contribution >= 4 is 31.7 Å². The molecule has 3 rings (SSSR count). The average Bonchev–Trinajstić information content (AvgIpc) is 0.754. The highest BCUT2D eigenvalue weighted by atomic mass is 31.2. The van der Waals surface area contributed by atoms with Gasteiger partial charge in [0.15, 0.2) is 24.8 Å². The van der Waals surface area contributed by atoms with Gasteiger partial charge in [-0.15, -0.1) is 0 Å². The Hall–Kier alpha value is -2.79. The van der Waals surface area contributed by atoms with Crippen molar-refractivity contribution < 1.29 is 122 Å². The van der Waals surface area contributed by atoms with Crippen LogP contribution in [-0.4, -0.2) is 205 Å². The second-order valence-corrected chi connectivity index (χ2v) is 34.9. The van der Waals surface area contributed by atoms with Gasteiger partial charge in [0.1, 0.15) is 92.6 Å². The lowest BCUT2D eigenvalue weighted by atomic mass is 9.84. The van der Waals surface area contributed by atoms with E-state index in [1.54, 1.807) is 0 Å². The van der Waals surface area contributed by atoms with Crippen molar-refractivity contribution in [1.29, 1.82) is 0 Å². The Morgan fingerprint density at radius 2 is 0.647 bits per heavy atom. The van der Waals surface area contributed by atoms with Crippen molar-refractivity contribution in [2.45, 2.75) is 511 Å². The molecule has 25 nitrogen and oxygen atoms in total. The summed E-state index contributed by atoms with van der Waals surface area (Å²) in [6.07, 6.45) is 27.8. The highest BCUT2D eigenvalue weighted by molar-refractivity contribution is 7.47. The Bertz CT molecular complexity index is 2460. The average molecular weight is 1680 g/mol. The molecule has 0 spiro atoms. The molecule has 18 unspecified atom stereocenters. The molecule has 2 heterocycles. The minimum atomic E-state index is -5.81. The molecule has 10 N–H and O–H groups in total. The number of hydrogen-bond donors (Lipinski definition) is 10. The fraction of sp³-hybridized carbons (Fsp3) is 0.933. The first-order valence-corrected chi connectivity index (χ1v) is 48.4. The SMILES string of the molecule is CCCCCCCC/C=C\CCCCCC(=O)OCC(COP(=O)(O)OC1C(OC2OC(CO)C(O)C(O)C2O)C(O)C(O)C(OC(=O)CCCCCCCCCCCCCCCCCC)C1OC1OC(COC(=O)CCCCCCCCCCCCCCC)C(O)C(O)C1O)OC(=O)CCCCCCCCCCCCCCCCC. The van der Waals surface area contributed by atoms with E-state index in [-0.39, 0.29) is 25.7 Å². The number of ether oxygens (including phenoxy) is 8. The Morgan fingerprint density at radius 3 is 1.03 bits per heavy atom. The second-order valence-electron chi connectivity index (χ2n) is 33.5. The van der Waals surface area contributed by atoms with Gasteiger partial charge in [0.25, 0.3) is 0 Å². The van der Waals surface area contributed by atoms with Crippen LogP contribution in [0.4, 0.5) is 0 Å². The van der Waals surface area contributed by atoms with Crippen LogP contribution in [0.1, 0.15) is 407 Å². The summed E-state index contributed by atoms with van der Waals surface area (Å²) >= 11 is 0. The zero-order chi connectivity index (χ0) is 84.7. The third kappa shape index (κ3) is 49.5. The van der Waals surface area contributed by atoms with Crippen molar-refractivity contribution in [1.82, 2.24) is 0 Å². The fourth-order valence-corrected chi connectivity index (χ4v) is 16.5. The molecule has 3 fully saturated rings. The van der Waals surface area contributed by atoms with E-state index in [0.717, 1.165) is 128 Å². The maximum absolute atomic E-state index is 14.9. The summed E-state index contributed by atoms with van der Waals surface area (Å²) in [5, 5.41) is 102. The van der Waals surface area contributed by atoms with Crippen LogP contribution in [0.5, 0.6) is 0 Å². The fourth-order valence-electron chi connectivity index (χ4n) is 15.5. The number of unbranched alkanes of at least 4 members (excludes halogenated alkanes) is 50. The normalized spacial score (nSPS) is 25.2. The Labute approximate surface area is 699 Å². The van der Waals surface area contributed by atoms with Crippen LogP contribution < -0.4 is 0 Å². The summed E-state index contributed by atoms with van der Waals surface area (Å²) in [5.74, 6) is -2.97. The number of phosphoric ester groups is 1. The first-order chi connectivity index (χ1) is 56.2. The lowest BCUT2D eigenvalue weighted by Crippen LogP contribution is -2.70. The molecule has 0 amide bonds. The Balaban J connectivity index is 1.92. The quantitative estimate of drug-likeness (QED) is 0.00889. The van der Waals surface area contributed by atoms with Crippen LogP contribution in [0.3, 0.4) is 0 Å². The molecule has 0 aromatic rings. The molecule has 682 valence electrons. The first kappa shape index (κ1) is 107. The topological polar surface area (TPSA) is 380 Å². The van der Waals surface area contributed by atoms with Crippen LogP contribution in [0.15, 0.2) is 12.2 Å². The summed E-state index contributed by atoms with van der Waals surface area (Å²) in [6, 6.07) is 0. The summed E-state index contributed by atoms with van der Waals surface area (Å²) in [5.41, 5.74) is 0. The molecular weight excluding hydrogens is 1510 g/mol. The van der Waals surface area contributed by atoms with Gasteiger partial charge in [-0.25, -0.2) is 4.57 Å². The van der Waals surface area contributed by atoms with Crippen molar-refractivity contribution in [3.63, 3.8) is 0 Å². The summed E-state index contributed by atoms with van der Waals surface area (Å²) in [4.78, 5) is 66.4. The molecule has 0 aromatic heterocycles. The van der Waals surface area contributed by atoms with Crippen molar-refractivity contribution in [2.75, 3.05) is 26.4 Å². The van der Waals surface area contributed by atoms with Crippen LogP contribution in [-0.2, 0) is 70.7 Å². The maximum atomic E-state index is 14.9. The number of aliphatic hydroxyl groups is 9. The standard InChI is InChI=1S/C90H167O25P/c1-5-9-13-17-21-25-29-33-35-37-41-45-49-53-57-61-65-76(95)112-85-81(100)82(101)86(113-89-83(102)79(98)77(96)71(66-91)110-89)88(87(85)114-90-84(103)80(99)78(97)72(111-90)69-107-74(93)63-59-55-51-47-43-39-32-28-24-20-16-12-8-4)115-116(104,105)108-68-70(67-106-73(92)62-58-54-50-46-42-38-31-27-23-19-15-11-7-3)109-75(94)64-60-56-52-48-44-40-36-34-30-26-22-18-14-10-6-2/h38,42,70-72,77-91,96-103H,5-37,39-41,43-69H2,1-4H3,(H,104,105)/b42-38-. The van der Waals surface area contributed by atoms with Crippen LogP contribution in [0.25, 0.3) is 0 Å². The van der Waals surface area contributed by atoms with E-state index in [0.29, 0.717) is 32.1 Å². The molecule has 1 saturated carbocycles. The minimum Gasteiger partial charge on any atom is -0.463 e. The van der Waals surface area contributed by atoms with E-state index in [4.69, 9.17) is 46.9 Å². The van der Waals surface area contributed by atoms with Gasteiger partial charge in [-0.3, -0.25) is 28.2 Å². The largest absolute Gasteiger partial charge is 0.472 e. The lowest BCUT2D eigenvalue weighted by molar-refractivity contribution is -0.360. The molecule has 0 radical (unpaired) electrons. The number of esters is 4. The van der Waals surface area contributed by atoms with Gasteiger partial charge >= 0.3 is 31.7 Å². The van der Waals surface area contributed by atoms with E-state index in [9.17, 15) is 74.6 Å². The smallest absolute Gasteiger partial charge is 0.463 e. The van der Waals surface area contributed by atoms with Crippen LogP contribution in [0, 0.1) is 0 Å². The predicted molar refractivity (Wildman–Crippen MR) is 449 cm³/mol. The Kier molecular flexibility index (Phi) is 64.4. The third-order valence-corrected chi connectivity index (χ3v) is 24.0. The number of phosphoric acid groups is 1. The van der Waals surface area contributed by atoms with Crippen LogP contribution >= 0.6 is 7.82 Å². The molecule has 2 saturated heterocycles. The Morgan fingerprint density at radius 1 is 0.336 bits per heavy atom. The van der Waals surface area contributed by atoms with Gasteiger partial charge in [-0.2, -0.15) is 0 Å². The van der Waals surface area contributed by atoms with E-state index in [1.165, 1.54) is 193 Å². The third-order valence-electron chi connectivity index (χ3n) is 23.0. The molecular formula is C90H167O25P. The summed E-state index contributed by atoms with van der Waals surface area (Å²) < 4.78 is 73.4. The number of allylic oxidation sites excluding steroid dienone is 2. The van der Waals surface area contributed by atoms with E-state index in [1.807, 2.05) is 0 Å². The van der Waals surface area contributed by atoms with E-state index >= 15 is 0 Å². The highest BCUT2D eigenvalue weighted by Crippen LogP contribution is 2.49. The second kappa shape index (κ2) is 69.6. The molecule has 18 atom stereocenters. The van der Waals surface area contributed by atoms with Crippen LogP contribution in [0.2, 0.25) is 0 Å². The van der Waals surface area contributed by atoms with Crippen molar-refractivity contribution in [3.8, 4) is 0 Å². The zero-order valence-electron chi connectivity index (χ0n) is 72.6. The molecule has 3 aliphatic rings. The molecule has 116 heavy (non-hydrogen) atoms. The number of rotatable bonds is 76. The number of carbonyl (C=O) groups is 4. The van der Waals surface area contributed by atoms with E-state index < -0.39 is 162 Å².